The van der Waals surface area contributed by atoms with Gasteiger partial charge in [-0.05, 0) is 42.5 Å². The lowest BCUT2D eigenvalue weighted by Gasteiger charge is -2.01. The third-order valence-corrected chi connectivity index (χ3v) is 6.14. The summed E-state index contributed by atoms with van der Waals surface area (Å²) >= 11 is 1.34. The van der Waals surface area contributed by atoms with Crippen molar-refractivity contribution < 1.29 is 4.79 Å². The smallest absolute Gasteiger partial charge is 0.264 e. The van der Waals surface area contributed by atoms with Crippen molar-refractivity contribution >= 4 is 34.6 Å². The summed E-state index contributed by atoms with van der Waals surface area (Å²) in [6, 6.07) is 28.1. The molecule has 0 saturated carbocycles. The predicted molar refractivity (Wildman–Crippen MR) is 135 cm³/mol. The average molecular weight is 451 g/mol. The molecule has 33 heavy (non-hydrogen) atoms. The lowest BCUT2D eigenvalue weighted by atomic mass is 10.1. The maximum absolute atomic E-state index is 12.7. The normalized spacial score (nSPS) is 15.8. The molecular weight excluding hydrogens is 428 g/mol. The van der Waals surface area contributed by atoms with Gasteiger partial charge in [-0.2, -0.15) is 5.10 Å². The van der Waals surface area contributed by atoms with Crippen LogP contribution in [-0.2, 0) is 11.3 Å². The van der Waals surface area contributed by atoms with Gasteiger partial charge in [-0.15, -0.1) is 0 Å². The van der Waals surface area contributed by atoms with Crippen molar-refractivity contribution in [3.8, 4) is 11.3 Å². The van der Waals surface area contributed by atoms with Crippen molar-refractivity contribution in [3.05, 3.63) is 113 Å². The fraction of sp³-hybridized carbons (Fsp3) is 0.0741. The van der Waals surface area contributed by atoms with E-state index in [9.17, 15) is 4.79 Å². The van der Waals surface area contributed by atoms with Gasteiger partial charge in [0.1, 0.15) is 0 Å². The molecule has 0 spiro atoms. The number of hydrogen-bond acceptors (Lipinski definition) is 4. The van der Waals surface area contributed by atoms with Crippen molar-refractivity contribution in [2.45, 2.75) is 13.5 Å². The number of benzene rings is 3. The molecule has 6 heteroatoms. The maximum atomic E-state index is 12.7. The van der Waals surface area contributed by atoms with Gasteiger partial charge in [0.05, 0.1) is 22.8 Å². The summed E-state index contributed by atoms with van der Waals surface area (Å²) in [4.78, 5) is 17.8. The fourth-order valence-electron chi connectivity index (χ4n) is 3.57. The minimum atomic E-state index is -0.152. The molecule has 1 aromatic heterocycles. The summed E-state index contributed by atoms with van der Waals surface area (Å²) in [6.07, 6.45) is 3.89. The Morgan fingerprint density at radius 1 is 0.970 bits per heavy atom. The number of aliphatic imine (C=N–C) groups is 1. The molecule has 1 N–H and O–H groups in total. The number of nitrogens with one attached hydrogen (secondary N) is 1. The first kappa shape index (κ1) is 21.0. The van der Waals surface area contributed by atoms with Gasteiger partial charge in [-0.1, -0.05) is 78.4 Å². The summed E-state index contributed by atoms with van der Waals surface area (Å²) in [5.41, 5.74) is 5.89. The Bertz CT molecular complexity index is 1340. The van der Waals surface area contributed by atoms with E-state index in [1.54, 1.807) is 0 Å². The number of amides is 1. The molecular formula is C27H22N4OS. The second-order valence-electron chi connectivity index (χ2n) is 7.80. The minimum Gasteiger partial charge on any atom is -0.300 e. The highest BCUT2D eigenvalue weighted by Crippen LogP contribution is 2.31. The van der Waals surface area contributed by atoms with Gasteiger partial charge in [0.15, 0.2) is 5.17 Å². The second kappa shape index (κ2) is 9.30. The summed E-state index contributed by atoms with van der Waals surface area (Å²) in [5.74, 6) is -0.152. The summed E-state index contributed by atoms with van der Waals surface area (Å²) in [5, 5.41) is 8.29. The molecule has 3 aromatic carbocycles. The summed E-state index contributed by atoms with van der Waals surface area (Å²) in [7, 11) is 0. The van der Waals surface area contributed by atoms with E-state index in [4.69, 9.17) is 5.10 Å². The highest BCUT2D eigenvalue weighted by atomic mass is 32.2. The van der Waals surface area contributed by atoms with Gasteiger partial charge < -0.3 is 5.32 Å². The van der Waals surface area contributed by atoms with Crippen LogP contribution in [-0.4, -0.2) is 20.9 Å². The summed E-state index contributed by atoms with van der Waals surface area (Å²) in [6.45, 7) is 2.69. The second-order valence-corrected chi connectivity index (χ2v) is 8.83. The van der Waals surface area contributed by atoms with Crippen LogP contribution < -0.4 is 5.32 Å². The Morgan fingerprint density at radius 3 is 2.39 bits per heavy atom. The molecule has 0 aliphatic carbocycles. The molecule has 1 aliphatic heterocycles. The number of rotatable bonds is 5. The first-order chi connectivity index (χ1) is 16.1. The maximum Gasteiger partial charge on any atom is 0.264 e. The molecule has 162 valence electrons. The molecule has 5 rings (SSSR count). The minimum absolute atomic E-state index is 0.152. The van der Waals surface area contributed by atoms with Crippen molar-refractivity contribution in [1.29, 1.82) is 0 Å². The molecule has 1 fully saturated rings. The van der Waals surface area contributed by atoms with Crippen LogP contribution in [0.1, 0.15) is 16.7 Å². The third kappa shape index (κ3) is 4.96. The number of aryl methyl sites for hydroxylation is 1. The largest absolute Gasteiger partial charge is 0.300 e. The van der Waals surface area contributed by atoms with Crippen LogP contribution in [0.15, 0.2) is 101 Å². The highest BCUT2D eigenvalue weighted by Gasteiger charge is 2.25. The van der Waals surface area contributed by atoms with Gasteiger partial charge >= 0.3 is 0 Å². The van der Waals surface area contributed by atoms with Crippen LogP contribution in [0.4, 0.5) is 5.69 Å². The molecule has 1 amide bonds. The van der Waals surface area contributed by atoms with Gasteiger partial charge in [0, 0.05) is 17.3 Å². The monoisotopic (exact) mass is 450 g/mol. The van der Waals surface area contributed by atoms with E-state index >= 15 is 0 Å². The first-order valence-corrected chi connectivity index (χ1v) is 11.5. The first-order valence-electron chi connectivity index (χ1n) is 10.7. The Hall–Kier alpha value is -3.90. The van der Waals surface area contributed by atoms with E-state index in [0.717, 1.165) is 22.5 Å². The highest BCUT2D eigenvalue weighted by molar-refractivity contribution is 8.18. The van der Waals surface area contributed by atoms with E-state index < -0.39 is 0 Å². The van der Waals surface area contributed by atoms with Gasteiger partial charge in [-0.3, -0.25) is 9.48 Å². The van der Waals surface area contributed by atoms with E-state index in [1.807, 2.05) is 96.7 Å². The number of carbonyl (C=O) groups excluding carboxylic acids is 1. The number of carbonyl (C=O) groups is 1. The zero-order valence-corrected chi connectivity index (χ0v) is 18.9. The van der Waals surface area contributed by atoms with Crippen molar-refractivity contribution in [1.82, 2.24) is 15.1 Å². The van der Waals surface area contributed by atoms with E-state index in [-0.39, 0.29) is 5.91 Å². The number of aromatic nitrogens is 2. The molecule has 1 aliphatic rings. The van der Waals surface area contributed by atoms with E-state index in [0.29, 0.717) is 16.6 Å². The molecule has 0 radical (unpaired) electrons. The van der Waals surface area contributed by atoms with Crippen LogP contribution >= 0.6 is 11.8 Å². The SMILES string of the molecule is Cc1ccc(N=C2NC(=O)/C(=C/c3cn(Cc4ccccc4)nc3-c3ccccc3)S2)cc1. The van der Waals surface area contributed by atoms with Gasteiger partial charge in [0.2, 0.25) is 0 Å². The van der Waals surface area contributed by atoms with Crippen molar-refractivity contribution in [2.24, 2.45) is 4.99 Å². The number of hydrogen-bond donors (Lipinski definition) is 1. The zero-order chi connectivity index (χ0) is 22.6. The topological polar surface area (TPSA) is 59.3 Å². The standard InChI is InChI=1S/C27H22N4OS/c1-19-12-14-23(15-13-19)28-27-29-26(32)24(33-27)16-22-18-31(17-20-8-4-2-5-9-20)30-25(22)21-10-6-3-7-11-21/h2-16,18H,17H2,1H3,(H,28,29,32)/b24-16-. The Balaban J connectivity index is 1.47. The van der Waals surface area contributed by atoms with E-state index in [2.05, 4.69) is 22.4 Å². The summed E-state index contributed by atoms with van der Waals surface area (Å²) < 4.78 is 1.92. The molecule has 0 atom stereocenters. The fourth-order valence-corrected chi connectivity index (χ4v) is 4.41. The zero-order valence-electron chi connectivity index (χ0n) is 18.1. The van der Waals surface area contributed by atoms with Gasteiger partial charge in [-0.25, -0.2) is 4.99 Å². The number of amidine groups is 1. The van der Waals surface area contributed by atoms with Crippen molar-refractivity contribution in [2.75, 3.05) is 0 Å². The average Bonchev–Trinajstić information content (AvgIpc) is 3.39. The van der Waals surface area contributed by atoms with Crippen LogP contribution in [0, 0.1) is 6.92 Å². The molecule has 0 unspecified atom stereocenters. The van der Waals surface area contributed by atoms with Crippen molar-refractivity contribution in [3.63, 3.8) is 0 Å². The van der Waals surface area contributed by atoms with Gasteiger partial charge in [0.25, 0.3) is 5.91 Å². The molecule has 0 bridgehead atoms. The molecule has 4 aromatic rings. The van der Waals surface area contributed by atoms with Crippen LogP contribution in [0.5, 0.6) is 0 Å². The molecule has 1 saturated heterocycles. The number of thioether (sulfide) groups is 1. The van der Waals surface area contributed by atoms with Crippen LogP contribution in [0.25, 0.3) is 17.3 Å². The lowest BCUT2D eigenvalue weighted by molar-refractivity contribution is -0.115. The predicted octanol–water partition coefficient (Wildman–Crippen LogP) is 5.80. The van der Waals surface area contributed by atoms with E-state index in [1.165, 1.54) is 22.9 Å². The Kier molecular flexibility index (Phi) is 5.91. The Labute approximate surface area is 196 Å². The number of nitrogens with zero attached hydrogens (tertiary/aromatic N) is 3. The quantitative estimate of drug-likeness (QED) is 0.391. The molecule has 5 nitrogen and oxygen atoms in total. The van der Waals surface area contributed by atoms with Crippen LogP contribution in [0.3, 0.4) is 0 Å². The third-order valence-electron chi connectivity index (χ3n) is 5.23. The van der Waals surface area contributed by atoms with Crippen LogP contribution in [0.2, 0.25) is 0 Å². The lowest BCUT2D eigenvalue weighted by Crippen LogP contribution is -2.19. The molecule has 2 heterocycles. The Morgan fingerprint density at radius 2 is 1.67 bits per heavy atom.